The second-order valence-corrected chi connectivity index (χ2v) is 8.64. The van der Waals surface area contributed by atoms with Gasteiger partial charge in [-0.25, -0.2) is 4.79 Å². The Morgan fingerprint density at radius 3 is 2.41 bits per heavy atom. The van der Waals surface area contributed by atoms with Crippen molar-refractivity contribution in [1.82, 2.24) is 0 Å². The van der Waals surface area contributed by atoms with Gasteiger partial charge in [-0.2, -0.15) is 18.4 Å². The Kier molecular flexibility index (Phi) is 5.85. The molecule has 1 aliphatic heterocycles. The van der Waals surface area contributed by atoms with Gasteiger partial charge in [0.1, 0.15) is 23.0 Å². The smallest absolute Gasteiger partial charge is 0.417 e. The van der Waals surface area contributed by atoms with E-state index in [0.717, 1.165) is 6.07 Å². The van der Waals surface area contributed by atoms with Crippen molar-refractivity contribution in [3.8, 4) is 28.7 Å². The van der Waals surface area contributed by atoms with Crippen LogP contribution in [0.5, 0.6) is 11.5 Å². The average Bonchev–Trinajstić information content (AvgIpc) is 2.87. The van der Waals surface area contributed by atoms with Gasteiger partial charge in [0.2, 0.25) is 5.88 Å². The minimum Gasteiger partial charge on any atom is -0.497 e. The number of hydrogen-bond donors (Lipinski definition) is 1. The number of alkyl halides is 3. The van der Waals surface area contributed by atoms with Crippen molar-refractivity contribution in [3.63, 3.8) is 0 Å². The number of nitriles is 1. The molecule has 186 valence electrons. The highest BCUT2D eigenvalue weighted by atomic mass is 35.5. The molecule has 1 aromatic heterocycles. The molecule has 0 bridgehead atoms. The predicted molar refractivity (Wildman–Crippen MR) is 130 cm³/mol. The molecular weight excluding hydrogens is 509 g/mol. The summed E-state index contributed by atoms with van der Waals surface area (Å²) in [6, 6.07) is 16.8. The van der Waals surface area contributed by atoms with E-state index in [1.54, 1.807) is 42.5 Å². The lowest BCUT2D eigenvalue weighted by Crippen LogP contribution is -2.26. The molecule has 37 heavy (non-hydrogen) atoms. The second kappa shape index (κ2) is 8.91. The fourth-order valence-corrected chi connectivity index (χ4v) is 4.57. The first-order valence-electron chi connectivity index (χ1n) is 10.8. The van der Waals surface area contributed by atoms with E-state index < -0.39 is 28.3 Å². The van der Waals surface area contributed by atoms with E-state index in [0.29, 0.717) is 27.8 Å². The standard InChI is InChI=1S/C27H16ClF3N2O4/c1-35-16-7-9-21-17(11-16)24-23(26(34)36-21)22(18(12-32)25(33)37-24)14-4-2-13(3-5-14)15-6-8-20(28)19(10-15)27(29,30)31/h2-11,22H,33H2,1H3. The number of fused-ring (bicyclic) bond motifs is 3. The van der Waals surface area contributed by atoms with Crippen LogP contribution in [0.25, 0.3) is 22.1 Å². The van der Waals surface area contributed by atoms with Crippen molar-refractivity contribution in [3.05, 3.63) is 104 Å². The number of methoxy groups -OCH3 is 1. The normalized spacial score (nSPS) is 15.2. The van der Waals surface area contributed by atoms with Gasteiger partial charge in [0.05, 0.1) is 34.6 Å². The molecule has 2 N–H and O–H groups in total. The van der Waals surface area contributed by atoms with Crippen molar-refractivity contribution >= 4 is 22.6 Å². The van der Waals surface area contributed by atoms with E-state index in [1.165, 1.54) is 19.2 Å². The van der Waals surface area contributed by atoms with Crippen LogP contribution < -0.4 is 20.8 Å². The summed E-state index contributed by atoms with van der Waals surface area (Å²) >= 11 is 5.74. The Hall–Kier alpha value is -4.42. The lowest BCUT2D eigenvalue weighted by Gasteiger charge is -2.26. The quantitative estimate of drug-likeness (QED) is 0.313. The first kappa shape index (κ1) is 24.3. The van der Waals surface area contributed by atoms with Crippen LogP contribution in [-0.4, -0.2) is 7.11 Å². The molecule has 1 atom stereocenters. The monoisotopic (exact) mass is 524 g/mol. The van der Waals surface area contributed by atoms with Gasteiger partial charge in [-0.15, -0.1) is 0 Å². The summed E-state index contributed by atoms with van der Waals surface area (Å²) in [6.45, 7) is 0. The predicted octanol–water partition coefficient (Wildman–Crippen LogP) is 6.36. The molecule has 6 nitrogen and oxygen atoms in total. The highest BCUT2D eigenvalue weighted by molar-refractivity contribution is 6.31. The molecule has 4 aromatic rings. The van der Waals surface area contributed by atoms with Crippen LogP contribution in [0.3, 0.4) is 0 Å². The molecule has 10 heteroatoms. The molecule has 0 spiro atoms. The molecule has 0 radical (unpaired) electrons. The van der Waals surface area contributed by atoms with Gasteiger partial charge in [-0.05, 0) is 47.0 Å². The molecule has 2 heterocycles. The number of halogens is 4. The van der Waals surface area contributed by atoms with Crippen LogP contribution in [0.1, 0.15) is 22.6 Å². The van der Waals surface area contributed by atoms with E-state index in [-0.39, 0.29) is 28.4 Å². The summed E-state index contributed by atoms with van der Waals surface area (Å²) in [5.74, 6) is -0.469. The maximum Gasteiger partial charge on any atom is 0.417 e. The van der Waals surface area contributed by atoms with Crippen LogP contribution in [-0.2, 0) is 6.18 Å². The SMILES string of the molecule is COc1ccc2oc(=O)c3c(c2c1)OC(N)=C(C#N)C3c1ccc(-c2ccc(Cl)c(C(F)(F)F)c2)cc1. The Morgan fingerprint density at radius 2 is 1.76 bits per heavy atom. The molecular formula is C27H16ClF3N2O4. The zero-order chi connectivity index (χ0) is 26.5. The highest BCUT2D eigenvalue weighted by Gasteiger charge is 2.36. The number of benzene rings is 3. The Balaban J connectivity index is 1.65. The summed E-state index contributed by atoms with van der Waals surface area (Å²) in [7, 11) is 1.48. The topological polar surface area (TPSA) is 98.5 Å². The third-order valence-corrected chi connectivity index (χ3v) is 6.45. The van der Waals surface area contributed by atoms with Crippen molar-refractivity contribution < 1.29 is 27.1 Å². The maximum atomic E-state index is 13.3. The van der Waals surface area contributed by atoms with Crippen molar-refractivity contribution in [2.75, 3.05) is 7.11 Å². The Morgan fingerprint density at radius 1 is 1.05 bits per heavy atom. The number of hydrogen-bond acceptors (Lipinski definition) is 6. The molecule has 1 unspecified atom stereocenters. The number of allylic oxidation sites excluding steroid dienone is 1. The van der Waals surface area contributed by atoms with Gasteiger partial charge in [-0.1, -0.05) is 41.9 Å². The molecule has 1 aliphatic rings. The maximum absolute atomic E-state index is 13.3. The largest absolute Gasteiger partial charge is 0.497 e. The average molecular weight is 525 g/mol. The van der Waals surface area contributed by atoms with Gasteiger partial charge in [-0.3, -0.25) is 0 Å². The first-order valence-corrected chi connectivity index (χ1v) is 11.2. The van der Waals surface area contributed by atoms with Crippen molar-refractivity contribution in [2.24, 2.45) is 5.73 Å². The zero-order valence-corrected chi connectivity index (χ0v) is 19.8. The van der Waals surface area contributed by atoms with Gasteiger partial charge >= 0.3 is 11.8 Å². The minimum atomic E-state index is -4.61. The fourth-order valence-electron chi connectivity index (χ4n) is 4.35. The van der Waals surface area contributed by atoms with E-state index >= 15 is 0 Å². The second-order valence-electron chi connectivity index (χ2n) is 8.23. The summed E-state index contributed by atoms with van der Waals surface area (Å²) in [4.78, 5) is 13.1. The molecule has 0 fully saturated rings. The van der Waals surface area contributed by atoms with Crippen molar-refractivity contribution in [2.45, 2.75) is 12.1 Å². The first-order chi connectivity index (χ1) is 17.6. The van der Waals surface area contributed by atoms with E-state index in [2.05, 4.69) is 0 Å². The minimum absolute atomic E-state index is 0.000599. The summed E-state index contributed by atoms with van der Waals surface area (Å²) in [6.07, 6.45) is -4.61. The molecule has 5 rings (SSSR count). The summed E-state index contributed by atoms with van der Waals surface area (Å²) in [5.41, 5.74) is 6.01. The number of nitrogens with zero attached hydrogens (tertiary/aromatic N) is 1. The van der Waals surface area contributed by atoms with Crippen LogP contribution in [0.4, 0.5) is 13.2 Å². The third-order valence-electron chi connectivity index (χ3n) is 6.12. The van der Waals surface area contributed by atoms with E-state index in [1.807, 2.05) is 6.07 Å². The van der Waals surface area contributed by atoms with Gasteiger partial charge in [0.25, 0.3) is 0 Å². The van der Waals surface area contributed by atoms with E-state index in [9.17, 15) is 23.2 Å². The summed E-state index contributed by atoms with van der Waals surface area (Å²) < 4.78 is 56.5. The number of ether oxygens (including phenoxy) is 2. The zero-order valence-electron chi connectivity index (χ0n) is 19.0. The number of nitrogens with two attached hydrogens (primary N) is 1. The molecule has 0 saturated carbocycles. The van der Waals surface area contributed by atoms with Crippen LogP contribution >= 0.6 is 11.6 Å². The van der Waals surface area contributed by atoms with Crippen LogP contribution in [0.2, 0.25) is 5.02 Å². The fraction of sp³-hybridized carbons (Fsp3) is 0.111. The van der Waals surface area contributed by atoms with Gasteiger partial charge < -0.3 is 19.6 Å². The van der Waals surface area contributed by atoms with E-state index in [4.69, 9.17) is 31.2 Å². The van der Waals surface area contributed by atoms with Gasteiger partial charge in [0.15, 0.2) is 5.75 Å². The molecule has 0 aliphatic carbocycles. The Labute approximate surface area is 212 Å². The molecule has 0 saturated heterocycles. The Bertz CT molecular complexity index is 1690. The van der Waals surface area contributed by atoms with Crippen molar-refractivity contribution in [1.29, 1.82) is 5.26 Å². The third kappa shape index (κ3) is 4.15. The summed E-state index contributed by atoms with van der Waals surface area (Å²) in [5, 5.41) is 9.86. The molecule has 3 aromatic carbocycles. The highest BCUT2D eigenvalue weighted by Crippen LogP contribution is 2.44. The number of rotatable bonds is 3. The molecule has 0 amide bonds. The van der Waals surface area contributed by atoms with Crippen LogP contribution in [0, 0.1) is 11.3 Å². The lowest BCUT2D eigenvalue weighted by molar-refractivity contribution is -0.137. The lowest BCUT2D eigenvalue weighted by atomic mass is 9.83. The van der Waals surface area contributed by atoms with Gasteiger partial charge in [0, 0.05) is 0 Å². The van der Waals surface area contributed by atoms with Crippen LogP contribution in [0.15, 0.2) is 81.3 Å².